The number of hydrogen-bond acceptors (Lipinski definition) is 5. The fourth-order valence-electron chi connectivity index (χ4n) is 1.94. The van der Waals surface area contributed by atoms with E-state index in [0.717, 1.165) is 24.3 Å². The van der Waals surface area contributed by atoms with Crippen LogP contribution in [0, 0.1) is 0 Å². The van der Waals surface area contributed by atoms with Crippen molar-refractivity contribution in [1.82, 2.24) is 5.16 Å². The number of benzene rings is 1. The molecule has 0 bridgehead atoms. The van der Waals surface area contributed by atoms with Gasteiger partial charge in [0.2, 0.25) is 5.88 Å². The fourth-order valence-corrected chi connectivity index (χ4v) is 3.50. The molecule has 0 saturated carbocycles. The molecule has 0 atom stereocenters. The second kappa shape index (κ2) is 7.02. The highest BCUT2D eigenvalue weighted by atomic mass is 32.2. The topological polar surface area (TPSA) is 72.2 Å². The predicted molar refractivity (Wildman–Crippen MR) is 80.0 cm³/mol. The van der Waals surface area contributed by atoms with Gasteiger partial charge in [-0.3, -0.25) is 0 Å². The van der Waals surface area contributed by atoms with Crippen molar-refractivity contribution in [1.29, 1.82) is 0 Å². The Bertz CT molecular complexity index is 873. The summed E-state index contributed by atoms with van der Waals surface area (Å²) in [5, 5.41) is 2.84. The van der Waals surface area contributed by atoms with Gasteiger partial charge < -0.3 is 4.52 Å². The van der Waals surface area contributed by atoms with Gasteiger partial charge in [-0.25, -0.2) is 13.1 Å². The van der Waals surface area contributed by atoms with Crippen LogP contribution in [0.2, 0.25) is 0 Å². The molecule has 0 fully saturated rings. The maximum absolute atomic E-state index is 12.8. The van der Waals surface area contributed by atoms with E-state index in [9.17, 15) is 34.8 Å². The molecular weight excluding hydrogens is 410 g/mol. The molecule has 1 aromatic heterocycles. The average molecular weight is 420 g/mol. The Kier molecular flexibility index (Phi) is 5.52. The van der Waals surface area contributed by atoms with Crippen LogP contribution in [0.5, 0.6) is 0 Å². The van der Waals surface area contributed by atoms with Gasteiger partial charge in [0.05, 0.1) is 4.90 Å². The number of aromatic nitrogens is 1. The van der Waals surface area contributed by atoms with Crippen LogP contribution in [0.4, 0.5) is 32.2 Å². The van der Waals surface area contributed by atoms with Crippen molar-refractivity contribution in [2.75, 3.05) is 4.72 Å². The number of nitrogens with one attached hydrogen (secondary N) is 1. The predicted octanol–water partition coefficient (Wildman–Crippen LogP) is 4.67. The molecule has 0 radical (unpaired) electrons. The number of sulfonamides is 1. The van der Waals surface area contributed by atoms with E-state index in [1.807, 2.05) is 4.72 Å². The van der Waals surface area contributed by atoms with E-state index < -0.39 is 55.5 Å². The lowest BCUT2D eigenvalue weighted by Crippen LogP contribution is -2.14. The second-order valence-electron chi connectivity index (χ2n) is 4.81. The first-order chi connectivity index (χ1) is 11.8. The molecule has 5 nitrogen and oxygen atoms in total. The zero-order chi connectivity index (χ0) is 19.8. The van der Waals surface area contributed by atoms with Crippen LogP contribution in [-0.2, 0) is 22.6 Å². The van der Waals surface area contributed by atoms with Gasteiger partial charge >= 0.3 is 11.7 Å². The molecule has 0 unspecified atom stereocenters. The molecule has 2 rings (SSSR count). The maximum atomic E-state index is 12.8. The van der Waals surface area contributed by atoms with Gasteiger partial charge in [-0.2, -0.15) is 26.3 Å². The smallest absolute Gasteiger partial charge is 0.337 e. The van der Waals surface area contributed by atoms with Crippen molar-refractivity contribution in [2.24, 2.45) is 0 Å². The van der Waals surface area contributed by atoms with E-state index >= 15 is 0 Å². The number of anilines is 1. The van der Waals surface area contributed by atoms with Crippen molar-refractivity contribution in [3.63, 3.8) is 0 Å². The Morgan fingerprint density at radius 1 is 1.12 bits per heavy atom. The van der Waals surface area contributed by atoms with Gasteiger partial charge in [0.25, 0.3) is 10.0 Å². The third-order valence-corrected chi connectivity index (χ3v) is 5.09. The summed E-state index contributed by atoms with van der Waals surface area (Å²) in [6, 6.07) is 3.64. The fraction of sp³-hybridized carbons (Fsp3) is 0.308. The highest BCUT2D eigenvalue weighted by molar-refractivity contribution is 8.00. The lowest BCUT2D eigenvalue weighted by molar-refractivity contribution is -0.143. The van der Waals surface area contributed by atoms with Crippen LogP contribution in [-0.4, -0.2) is 19.1 Å². The number of hydrogen-bond donors (Lipinski definition) is 1. The van der Waals surface area contributed by atoms with Crippen LogP contribution in [0.3, 0.4) is 0 Å². The highest BCUT2D eigenvalue weighted by Gasteiger charge is 2.39. The molecule has 1 N–H and O–H groups in total. The zero-order valence-electron chi connectivity index (χ0n) is 12.8. The molecule has 0 aliphatic carbocycles. The first-order valence-electron chi connectivity index (χ1n) is 6.78. The standard InChI is InChI=1S/C13H10F6N2O3S2/c1-2-9-10(12(14,15)16)20-24-11(9)21-26(22,23)8-5-3-7(4-6-8)25-13(17,18)19/h3-6,21H,2H2,1H3. The van der Waals surface area contributed by atoms with Crippen molar-refractivity contribution in [3.8, 4) is 0 Å². The molecule has 0 aliphatic heterocycles. The lowest BCUT2D eigenvalue weighted by Gasteiger charge is -2.09. The van der Waals surface area contributed by atoms with Crippen molar-refractivity contribution < 1.29 is 39.3 Å². The van der Waals surface area contributed by atoms with Crippen molar-refractivity contribution >= 4 is 27.7 Å². The molecule has 26 heavy (non-hydrogen) atoms. The first kappa shape index (κ1) is 20.4. The molecule has 1 heterocycles. The molecule has 0 amide bonds. The third-order valence-electron chi connectivity index (χ3n) is 3.00. The Hall–Kier alpha value is -1.89. The molecular formula is C13H10F6N2O3S2. The maximum Gasteiger partial charge on any atom is 0.446 e. The summed E-state index contributed by atoms with van der Waals surface area (Å²) in [5.41, 5.74) is -6.37. The summed E-state index contributed by atoms with van der Waals surface area (Å²) in [6.45, 7) is 1.35. The zero-order valence-corrected chi connectivity index (χ0v) is 14.4. The molecule has 13 heteroatoms. The van der Waals surface area contributed by atoms with Crippen molar-refractivity contribution in [2.45, 2.75) is 34.8 Å². The van der Waals surface area contributed by atoms with Crippen LogP contribution >= 0.6 is 11.8 Å². The Morgan fingerprint density at radius 3 is 2.15 bits per heavy atom. The van der Waals surface area contributed by atoms with E-state index in [0.29, 0.717) is 0 Å². The van der Waals surface area contributed by atoms with E-state index in [2.05, 4.69) is 9.68 Å². The summed E-state index contributed by atoms with van der Waals surface area (Å²) in [5.74, 6) is -0.700. The second-order valence-corrected chi connectivity index (χ2v) is 7.64. The van der Waals surface area contributed by atoms with E-state index in [4.69, 9.17) is 0 Å². The van der Waals surface area contributed by atoms with Crippen molar-refractivity contribution in [3.05, 3.63) is 35.5 Å². The summed E-state index contributed by atoms with van der Waals surface area (Å²) in [7, 11) is -4.38. The minimum atomic E-state index is -4.82. The molecule has 2 aromatic rings. The summed E-state index contributed by atoms with van der Waals surface area (Å²) < 4.78 is 106. The molecule has 0 saturated heterocycles. The summed E-state index contributed by atoms with van der Waals surface area (Å²) >= 11 is -0.433. The molecule has 144 valence electrons. The monoisotopic (exact) mass is 420 g/mol. The highest BCUT2D eigenvalue weighted by Crippen LogP contribution is 2.38. The normalized spacial score (nSPS) is 13.0. The average Bonchev–Trinajstić information content (AvgIpc) is 2.88. The van der Waals surface area contributed by atoms with Crippen LogP contribution in [0.15, 0.2) is 38.6 Å². The number of thioether (sulfide) groups is 1. The Labute approximate surface area is 147 Å². The lowest BCUT2D eigenvalue weighted by atomic mass is 10.2. The number of nitrogens with zero attached hydrogens (tertiary/aromatic N) is 1. The van der Waals surface area contributed by atoms with Gasteiger partial charge in [-0.15, -0.1) is 0 Å². The third kappa shape index (κ3) is 4.84. The van der Waals surface area contributed by atoms with E-state index in [-0.39, 0.29) is 11.3 Å². The minimum Gasteiger partial charge on any atom is -0.337 e. The Balaban J connectivity index is 2.28. The minimum absolute atomic E-state index is 0.211. The van der Waals surface area contributed by atoms with E-state index in [1.165, 1.54) is 6.92 Å². The van der Waals surface area contributed by atoms with Crippen LogP contribution in [0.25, 0.3) is 0 Å². The van der Waals surface area contributed by atoms with Gasteiger partial charge in [-0.05, 0) is 42.4 Å². The SMILES string of the molecule is CCc1c(C(F)(F)F)noc1NS(=O)(=O)c1ccc(SC(F)(F)F)cc1. The van der Waals surface area contributed by atoms with Crippen LogP contribution < -0.4 is 4.72 Å². The quantitative estimate of drug-likeness (QED) is 0.562. The van der Waals surface area contributed by atoms with Gasteiger partial charge in [0.1, 0.15) is 0 Å². The molecule has 0 aliphatic rings. The largest absolute Gasteiger partial charge is 0.446 e. The number of alkyl halides is 6. The molecule has 0 spiro atoms. The van der Waals surface area contributed by atoms with Gasteiger partial charge in [-0.1, -0.05) is 12.1 Å². The Morgan fingerprint density at radius 2 is 1.69 bits per heavy atom. The van der Waals surface area contributed by atoms with Crippen LogP contribution in [0.1, 0.15) is 18.2 Å². The van der Waals surface area contributed by atoms with E-state index in [1.54, 1.807) is 0 Å². The van der Waals surface area contributed by atoms with Gasteiger partial charge in [0, 0.05) is 10.5 Å². The summed E-state index contributed by atoms with van der Waals surface area (Å²) in [6.07, 6.45) is -5.04. The summed E-state index contributed by atoms with van der Waals surface area (Å²) in [4.78, 5) is -0.694. The number of rotatable bonds is 5. The number of halogens is 6. The molecule has 1 aromatic carbocycles. The first-order valence-corrected chi connectivity index (χ1v) is 9.08. The van der Waals surface area contributed by atoms with Gasteiger partial charge in [0.15, 0.2) is 5.69 Å².